The maximum Gasteiger partial charge on any atom is 0.257 e. The van der Waals surface area contributed by atoms with Crippen LogP contribution in [0, 0.1) is 5.82 Å². The summed E-state index contributed by atoms with van der Waals surface area (Å²) in [6.07, 6.45) is 5.26. The summed E-state index contributed by atoms with van der Waals surface area (Å²) in [7, 11) is 1.46. The summed E-state index contributed by atoms with van der Waals surface area (Å²) < 4.78 is 19.7. The van der Waals surface area contributed by atoms with Crippen molar-refractivity contribution in [3.8, 4) is 17.1 Å². The van der Waals surface area contributed by atoms with E-state index < -0.39 is 11.9 Å². The van der Waals surface area contributed by atoms with E-state index in [0.29, 0.717) is 35.0 Å². The maximum absolute atomic E-state index is 14.3. The number of hydrogen-bond donors (Lipinski definition) is 2. The molecule has 0 saturated carbocycles. The van der Waals surface area contributed by atoms with Crippen LogP contribution < -0.4 is 10.1 Å². The number of methoxy groups -OCH3 is 1. The molecule has 0 unspecified atom stereocenters. The van der Waals surface area contributed by atoms with Crippen molar-refractivity contribution >= 4 is 29.0 Å². The number of nitrogens with zero attached hydrogens (tertiary/aromatic N) is 4. The normalized spacial score (nSPS) is 16.0. The molecule has 1 aliphatic rings. The average Bonchev–Trinajstić information content (AvgIpc) is 2.80. The number of halogens is 2. The molecule has 0 radical (unpaired) electrons. The van der Waals surface area contributed by atoms with E-state index in [-0.39, 0.29) is 29.7 Å². The van der Waals surface area contributed by atoms with Crippen molar-refractivity contribution in [2.75, 3.05) is 25.5 Å². The zero-order valence-corrected chi connectivity index (χ0v) is 18.0. The molecule has 0 aliphatic carbocycles. The van der Waals surface area contributed by atoms with Gasteiger partial charge in [0.25, 0.3) is 5.91 Å². The molecular weight excluding hydrogens is 437 g/mol. The summed E-state index contributed by atoms with van der Waals surface area (Å²) in [5.41, 5.74) is 0.897. The number of benzene rings is 1. The number of pyridine rings is 1. The highest BCUT2D eigenvalue weighted by molar-refractivity contribution is 6.30. The van der Waals surface area contributed by atoms with Gasteiger partial charge < -0.3 is 20.1 Å². The molecule has 3 aromatic rings. The van der Waals surface area contributed by atoms with Crippen molar-refractivity contribution in [3.05, 3.63) is 59.3 Å². The minimum atomic E-state index is -0.544. The predicted molar refractivity (Wildman–Crippen MR) is 118 cm³/mol. The van der Waals surface area contributed by atoms with Gasteiger partial charge in [0.15, 0.2) is 17.4 Å². The fourth-order valence-electron chi connectivity index (χ4n) is 3.52. The highest BCUT2D eigenvalue weighted by Crippen LogP contribution is 2.31. The van der Waals surface area contributed by atoms with Crippen LogP contribution in [-0.4, -0.2) is 57.2 Å². The molecule has 1 aliphatic heterocycles. The number of carbonyl (C=O) groups is 1. The number of piperidine rings is 1. The van der Waals surface area contributed by atoms with Crippen LogP contribution in [0.5, 0.6) is 5.75 Å². The molecule has 0 spiro atoms. The van der Waals surface area contributed by atoms with E-state index in [0.717, 1.165) is 6.42 Å². The Morgan fingerprint density at radius 2 is 2.19 bits per heavy atom. The number of rotatable bonds is 5. The van der Waals surface area contributed by atoms with Gasteiger partial charge in [-0.3, -0.25) is 9.78 Å². The number of carbonyl (C=O) groups excluding carboxylic acids is 1. The molecule has 2 aromatic heterocycles. The summed E-state index contributed by atoms with van der Waals surface area (Å²) in [4.78, 5) is 27.3. The molecule has 8 nitrogen and oxygen atoms in total. The van der Waals surface area contributed by atoms with Crippen molar-refractivity contribution in [2.24, 2.45) is 0 Å². The molecule has 4 rings (SSSR count). The maximum atomic E-state index is 14.3. The van der Waals surface area contributed by atoms with Crippen LogP contribution in [0.4, 0.5) is 15.9 Å². The van der Waals surface area contributed by atoms with Gasteiger partial charge in [0.1, 0.15) is 5.82 Å². The number of aliphatic hydroxyl groups excluding tert-OH is 1. The van der Waals surface area contributed by atoms with Gasteiger partial charge in [-0.2, -0.15) is 0 Å². The Balaban J connectivity index is 1.69. The summed E-state index contributed by atoms with van der Waals surface area (Å²) in [6.45, 7) is 0.821. The second-order valence-electron chi connectivity index (χ2n) is 7.33. The summed E-state index contributed by atoms with van der Waals surface area (Å²) in [5, 5.41) is 13.4. The third kappa shape index (κ3) is 4.63. The van der Waals surface area contributed by atoms with Crippen LogP contribution in [0.25, 0.3) is 11.4 Å². The van der Waals surface area contributed by atoms with Crippen LogP contribution in [0.2, 0.25) is 5.02 Å². The lowest BCUT2D eigenvalue weighted by molar-refractivity contribution is 0.0474. The Hall–Kier alpha value is -3.30. The average molecular weight is 458 g/mol. The summed E-state index contributed by atoms with van der Waals surface area (Å²) >= 11 is 6.01. The first-order valence-corrected chi connectivity index (χ1v) is 10.4. The fourth-order valence-corrected chi connectivity index (χ4v) is 3.69. The molecule has 1 aromatic carbocycles. The van der Waals surface area contributed by atoms with E-state index in [1.165, 1.54) is 43.9 Å². The molecule has 0 bridgehead atoms. The monoisotopic (exact) mass is 457 g/mol. The summed E-state index contributed by atoms with van der Waals surface area (Å²) in [5.74, 6) is -0.118. The van der Waals surface area contributed by atoms with Gasteiger partial charge in [0.2, 0.25) is 0 Å². The topological polar surface area (TPSA) is 100 Å². The van der Waals surface area contributed by atoms with E-state index in [2.05, 4.69) is 20.3 Å². The third-order valence-corrected chi connectivity index (χ3v) is 5.37. The van der Waals surface area contributed by atoms with Crippen molar-refractivity contribution < 1.29 is 19.0 Å². The Morgan fingerprint density at radius 3 is 2.97 bits per heavy atom. The lowest BCUT2D eigenvalue weighted by Crippen LogP contribution is -2.42. The molecule has 10 heteroatoms. The van der Waals surface area contributed by atoms with Gasteiger partial charge >= 0.3 is 0 Å². The molecule has 3 heterocycles. The van der Waals surface area contributed by atoms with Crippen LogP contribution in [0.1, 0.15) is 23.2 Å². The Bertz CT molecular complexity index is 1150. The lowest BCUT2D eigenvalue weighted by Gasteiger charge is -2.30. The van der Waals surface area contributed by atoms with E-state index >= 15 is 0 Å². The van der Waals surface area contributed by atoms with E-state index in [9.17, 15) is 14.3 Å². The van der Waals surface area contributed by atoms with Crippen molar-refractivity contribution in [2.45, 2.75) is 18.9 Å². The fraction of sp³-hybridized carbons (Fsp3) is 0.273. The van der Waals surface area contributed by atoms with Crippen molar-refractivity contribution in [1.82, 2.24) is 19.9 Å². The second-order valence-corrected chi connectivity index (χ2v) is 7.76. The minimum Gasteiger partial charge on any atom is -0.491 e. The van der Waals surface area contributed by atoms with E-state index in [1.807, 2.05) is 0 Å². The van der Waals surface area contributed by atoms with Crippen LogP contribution >= 0.6 is 11.6 Å². The summed E-state index contributed by atoms with van der Waals surface area (Å²) in [6, 6.07) is 5.75. The number of anilines is 2. The first-order chi connectivity index (χ1) is 15.5. The van der Waals surface area contributed by atoms with Gasteiger partial charge in [-0.25, -0.2) is 14.4 Å². The number of nitrogens with one attached hydrogen (secondary N) is 1. The third-order valence-electron chi connectivity index (χ3n) is 5.13. The standard InChI is InChI=1S/C22H21ClFN5O3/c1-32-19-11-26-20(15-9-13(23)4-5-17(15)24)28-21(19)27-18-6-7-25-10-16(18)22(31)29-8-2-3-14(30)12-29/h4-7,9-11,14,30H,2-3,8,12H2,1H3,(H,25,26,27,28)/t14-/m0/s1. The number of aliphatic hydroxyl groups is 1. The molecule has 32 heavy (non-hydrogen) atoms. The lowest BCUT2D eigenvalue weighted by atomic mass is 10.1. The van der Waals surface area contributed by atoms with Gasteiger partial charge in [-0.15, -0.1) is 0 Å². The molecule has 166 valence electrons. The van der Waals surface area contributed by atoms with Gasteiger partial charge in [-0.1, -0.05) is 11.6 Å². The zero-order chi connectivity index (χ0) is 22.7. The molecule has 1 atom stereocenters. The van der Waals surface area contributed by atoms with Crippen LogP contribution in [0.3, 0.4) is 0 Å². The molecule has 1 saturated heterocycles. The Kier molecular flexibility index (Phi) is 6.48. The second kappa shape index (κ2) is 9.46. The first kappa shape index (κ1) is 21.9. The van der Waals surface area contributed by atoms with Gasteiger partial charge in [-0.05, 0) is 37.1 Å². The minimum absolute atomic E-state index is 0.106. The zero-order valence-electron chi connectivity index (χ0n) is 17.3. The van der Waals surface area contributed by atoms with Crippen LogP contribution in [-0.2, 0) is 0 Å². The van der Waals surface area contributed by atoms with E-state index in [4.69, 9.17) is 16.3 Å². The van der Waals surface area contributed by atoms with Crippen molar-refractivity contribution in [3.63, 3.8) is 0 Å². The predicted octanol–water partition coefficient (Wildman–Crippen LogP) is 3.68. The smallest absolute Gasteiger partial charge is 0.257 e. The quantitative estimate of drug-likeness (QED) is 0.602. The molecule has 1 fully saturated rings. The number of β-amino-alcohol motifs (C(OH)–C–C–N with tert-alkyl or cyclic N) is 1. The number of likely N-dealkylation sites (tertiary alicyclic amines) is 1. The largest absolute Gasteiger partial charge is 0.491 e. The molecule has 2 N–H and O–H groups in total. The van der Waals surface area contributed by atoms with Crippen molar-refractivity contribution in [1.29, 1.82) is 0 Å². The Morgan fingerprint density at radius 1 is 1.34 bits per heavy atom. The molecular formula is C22H21ClFN5O3. The highest BCUT2D eigenvalue weighted by Gasteiger charge is 2.25. The Labute approximate surface area is 189 Å². The first-order valence-electron chi connectivity index (χ1n) is 10.0. The number of aromatic nitrogens is 3. The number of ether oxygens (including phenoxy) is 1. The van der Waals surface area contributed by atoms with Gasteiger partial charge in [0, 0.05) is 30.5 Å². The number of amides is 1. The van der Waals surface area contributed by atoms with Crippen LogP contribution in [0.15, 0.2) is 42.9 Å². The molecule has 1 amide bonds. The SMILES string of the molecule is COc1cnc(-c2cc(Cl)ccc2F)nc1Nc1ccncc1C(=O)N1CCC[C@H](O)C1. The van der Waals surface area contributed by atoms with E-state index in [1.54, 1.807) is 11.0 Å². The number of hydrogen-bond acceptors (Lipinski definition) is 7. The highest BCUT2D eigenvalue weighted by atomic mass is 35.5. The van der Waals surface area contributed by atoms with Gasteiger partial charge in [0.05, 0.1) is 36.2 Å².